The van der Waals surface area contributed by atoms with Gasteiger partial charge in [0.05, 0.1) is 13.0 Å². The lowest BCUT2D eigenvalue weighted by atomic mass is 10.0. The summed E-state index contributed by atoms with van der Waals surface area (Å²) in [6, 6.07) is 15.8. The van der Waals surface area contributed by atoms with E-state index >= 15 is 0 Å². The van der Waals surface area contributed by atoms with E-state index in [1.165, 1.54) is 16.7 Å². The molecule has 176 valence electrons. The van der Waals surface area contributed by atoms with Gasteiger partial charge in [0.1, 0.15) is 12.4 Å². The zero-order valence-electron chi connectivity index (χ0n) is 18.7. The average Bonchev–Trinajstić information content (AvgIpc) is 3.10. The summed E-state index contributed by atoms with van der Waals surface area (Å²) >= 11 is 6.01. The summed E-state index contributed by atoms with van der Waals surface area (Å²) in [5.74, 6) is -0.167. The number of aromatic hydroxyl groups is 2. The van der Waals surface area contributed by atoms with Gasteiger partial charge in [-0.1, -0.05) is 42.8 Å². The van der Waals surface area contributed by atoms with Gasteiger partial charge in [-0.25, -0.2) is 0 Å². The molecule has 33 heavy (non-hydrogen) atoms. The van der Waals surface area contributed by atoms with Crippen LogP contribution >= 0.6 is 11.6 Å². The van der Waals surface area contributed by atoms with Crippen molar-refractivity contribution < 1.29 is 24.9 Å². The molecular weight excluding hydrogens is 444 g/mol. The van der Waals surface area contributed by atoms with Crippen LogP contribution < -0.4 is 4.74 Å². The number of halogens is 1. The van der Waals surface area contributed by atoms with Crippen molar-refractivity contribution in [1.29, 1.82) is 0 Å². The number of carboxylic acids is 1. The van der Waals surface area contributed by atoms with Crippen LogP contribution in [0.1, 0.15) is 36.1 Å². The molecule has 0 spiro atoms. The number of nitrogens with zero attached hydrogens (tertiary/aromatic N) is 2. The molecule has 2 aromatic carbocycles. The van der Waals surface area contributed by atoms with Crippen LogP contribution in [0.2, 0.25) is 5.02 Å². The molecule has 0 bridgehead atoms. The van der Waals surface area contributed by atoms with E-state index in [4.69, 9.17) is 16.3 Å². The smallest absolute Gasteiger partial charge is 0.305 e. The van der Waals surface area contributed by atoms with Crippen LogP contribution in [0.25, 0.3) is 0 Å². The predicted octanol–water partition coefficient (Wildman–Crippen LogP) is 4.98. The first-order valence-corrected chi connectivity index (χ1v) is 11.2. The maximum absolute atomic E-state index is 11.5. The van der Waals surface area contributed by atoms with E-state index in [0.717, 1.165) is 16.7 Å². The van der Waals surface area contributed by atoms with Crippen LogP contribution in [-0.2, 0) is 17.9 Å². The maximum atomic E-state index is 11.5. The third kappa shape index (κ3) is 6.43. The molecule has 0 amide bonds. The topological polar surface area (TPSA) is 95.2 Å². The highest BCUT2D eigenvalue weighted by Gasteiger charge is 2.22. The molecule has 0 saturated carbocycles. The quantitative estimate of drug-likeness (QED) is 0.364. The minimum absolute atomic E-state index is 0.00523. The molecule has 3 rings (SSSR count). The molecule has 1 unspecified atom stereocenters. The summed E-state index contributed by atoms with van der Waals surface area (Å²) in [6.45, 7) is 5.83. The molecule has 0 fully saturated rings. The normalized spacial score (nSPS) is 12.1. The summed E-state index contributed by atoms with van der Waals surface area (Å²) < 4.78 is 7.20. The Bertz CT molecular complexity index is 1060. The van der Waals surface area contributed by atoms with E-state index in [2.05, 4.69) is 4.90 Å². The highest BCUT2D eigenvalue weighted by molar-refractivity contribution is 6.30. The van der Waals surface area contributed by atoms with E-state index < -0.39 is 5.97 Å². The van der Waals surface area contributed by atoms with Gasteiger partial charge in [-0.2, -0.15) is 0 Å². The van der Waals surface area contributed by atoms with Gasteiger partial charge in [-0.05, 0) is 48.4 Å². The third-order valence-electron chi connectivity index (χ3n) is 5.60. The Morgan fingerprint density at radius 2 is 1.76 bits per heavy atom. The second-order valence-corrected chi connectivity index (χ2v) is 8.31. The molecule has 0 aliphatic rings. The minimum atomic E-state index is -0.854. The Kier molecular flexibility index (Phi) is 8.25. The molecule has 1 atom stereocenters. The zero-order chi connectivity index (χ0) is 24.0. The van der Waals surface area contributed by atoms with E-state index in [-0.39, 0.29) is 30.8 Å². The number of carbonyl (C=O) groups is 1. The lowest BCUT2D eigenvalue weighted by Gasteiger charge is -2.30. The monoisotopic (exact) mass is 472 g/mol. The van der Waals surface area contributed by atoms with Gasteiger partial charge in [-0.15, -0.1) is 0 Å². The van der Waals surface area contributed by atoms with Crippen LogP contribution in [-0.4, -0.2) is 43.9 Å². The van der Waals surface area contributed by atoms with Crippen molar-refractivity contribution in [3.8, 4) is 17.5 Å². The van der Waals surface area contributed by atoms with Gasteiger partial charge in [0.15, 0.2) is 11.8 Å². The number of carboxylic acid groups (broad SMARTS) is 1. The lowest BCUT2D eigenvalue weighted by Crippen LogP contribution is -2.30. The van der Waals surface area contributed by atoms with Crippen molar-refractivity contribution in [2.75, 3.05) is 13.2 Å². The first-order valence-electron chi connectivity index (χ1n) is 10.8. The van der Waals surface area contributed by atoms with E-state index in [1.807, 2.05) is 44.2 Å². The summed E-state index contributed by atoms with van der Waals surface area (Å²) in [5.41, 5.74) is 2.91. The van der Waals surface area contributed by atoms with Crippen molar-refractivity contribution in [2.24, 2.45) is 0 Å². The highest BCUT2D eigenvalue weighted by Crippen LogP contribution is 2.29. The van der Waals surface area contributed by atoms with E-state index in [0.29, 0.717) is 30.4 Å². The molecule has 1 aromatic heterocycles. The van der Waals surface area contributed by atoms with E-state index in [1.54, 1.807) is 12.1 Å². The maximum Gasteiger partial charge on any atom is 0.305 e. The standard InChI is InChI=1S/C25H29ClN2O5/c1-3-27(21(15-25(31)32)19-5-7-20(26)8-6-19)16-18-4-9-22(17(2)14-18)33-13-12-28-23(29)10-11-24(28)30/h4-11,14,21,29-30H,3,12-13,15-16H2,1-2H3,(H,31,32). The van der Waals surface area contributed by atoms with Crippen molar-refractivity contribution >= 4 is 17.6 Å². The number of rotatable bonds is 11. The molecular formula is C25H29ClN2O5. The predicted molar refractivity (Wildman–Crippen MR) is 127 cm³/mol. The van der Waals surface area contributed by atoms with Crippen molar-refractivity contribution in [1.82, 2.24) is 9.47 Å². The Labute approximate surface area is 198 Å². The first kappa shape index (κ1) is 24.5. The number of aliphatic carboxylic acids is 1. The van der Waals surface area contributed by atoms with Gasteiger partial charge >= 0.3 is 5.97 Å². The van der Waals surface area contributed by atoms with Crippen LogP contribution in [0.3, 0.4) is 0 Å². The fourth-order valence-corrected chi connectivity index (χ4v) is 4.01. The number of ether oxygens (including phenoxy) is 1. The molecule has 3 N–H and O–H groups in total. The zero-order valence-corrected chi connectivity index (χ0v) is 19.5. The lowest BCUT2D eigenvalue weighted by molar-refractivity contribution is -0.138. The van der Waals surface area contributed by atoms with E-state index in [9.17, 15) is 20.1 Å². The number of aromatic nitrogens is 1. The molecule has 8 heteroatoms. The first-order chi connectivity index (χ1) is 15.8. The highest BCUT2D eigenvalue weighted by atomic mass is 35.5. The Morgan fingerprint density at radius 3 is 2.33 bits per heavy atom. The van der Waals surface area contributed by atoms with Gasteiger partial charge < -0.3 is 20.1 Å². The number of hydrogen-bond acceptors (Lipinski definition) is 5. The minimum Gasteiger partial charge on any atom is -0.494 e. The molecule has 0 saturated heterocycles. The van der Waals surface area contributed by atoms with Gasteiger partial charge in [0.25, 0.3) is 0 Å². The largest absolute Gasteiger partial charge is 0.494 e. The van der Waals surface area contributed by atoms with Gasteiger partial charge in [0, 0.05) is 29.7 Å². The van der Waals surface area contributed by atoms with Gasteiger partial charge in [0.2, 0.25) is 0 Å². The fraction of sp³-hybridized carbons (Fsp3) is 0.320. The average molecular weight is 473 g/mol. The second-order valence-electron chi connectivity index (χ2n) is 7.88. The summed E-state index contributed by atoms with van der Waals surface area (Å²) in [7, 11) is 0. The molecule has 3 aromatic rings. The number of aryl methyl sites for hydroxylation is 1. The van der Waals surface area contributed by atoms with Crippen molar-refractivity contribution in [3.63, 3.8) is 0 Å². The van der Waals surface area contributed by atoms with Crippen molar-refractivity contribution in [3.05, 3.63) is 76.3 Å². The SMILES string of the molecule is CCN(Cc1ccc(OCCn2c(O)ccc2O)c(C)c1)C(CC(=O)O)c1ccc(Cl)cc1. The number of hydrogen-bond donors (Lipinski definition) is 3. The van der Waals surface area contributed by atoms with Crippen LogP contribution in [0.15, 0.2) is 54.6 Å². The molecule has 0 aliphatic carbocycles. The van der Waals surface area contributed by atoms with Crippen molar-refractivity contribution in [2.45, 2.75) is 39.4 Å². The molecule has 7 nitrogen and oxygen atoms in total. The number of benzene rings is 2. The molecule has 1 heterocycles. The van der Waals surface area contributed by atoms with Crippen LogP contribution in [0.5, 0.6) is 17.5 Å². The Balaban J connectivity index is 1.69. The third-order valence-corrected chi connectivity index (χ3v) is 5.85. The van der Waals surface area contributed by atoms with Gasteiger partial charge in [-0.3, -0.25) is 14.3 Å². The van der Waals surface area contributed by atoms with Crippen LogP contribution in [0, 0.1) is 6.92 Å². The van der Waals surface area contributed by atoms with Crippen LogP contribution in [0.4, 0.5) is 0 Å². The fourth-order valence-electron chi connectivity index (χ4n) is 3.88. The Hall–Kier alpha value is -3.16. The Morgan fingerprint density at radius 1 is 1.09 bits per heavy atom. The second kappa shape index (κ2) is 11.1. The summed E-state index contributed by atoms with van der Waals surface area (Å²) in [5, 5.41) is 29.5. The summed E-state index contributed by atoms with van der Waals surface area (Å²) in [4.78, 5) is 13.7. The molecule has 0 aliphatic heterocycles. The summed E-state index contributed by atoms with van der Waals surface area (Å²) in [6.07, 6.45) is -0.00523. The molecule has 0 radical (unpaired) electrons.